The van der Waals surface area contributed by atoms with E-state index in [1.165, 1.54) is 24.3 Å². The van der Waals surface area contributed by atoms with Gasteiger partial charge in [-0.05, 0) is 42.9 Å². The van der Waals surface area contributed by atoms with Gasteiger partial charge in [-0.3, -0.25) is 9.78 Å². The van der Waals surface area contributed by atoms with Gasteiger partial charge in [0.05, 0.1) is 0 Å². The van der Waals surface area contributed by atoms with Crippen LogP contribution in [-0.2, 0) is 6.54 Å². The molecule has 3 nitrogen and oxygen atoms in total. The standard InChI is InChI=1S/C16H17FN2O/c1-19(12-13-3-2-9-18-11-13)10-8-16(20)14-4-6-15(17)7-5-14/h2-7,9,11H,8,10,12H2,1H3. The number of benzene rings is 1. The van der Waals surface area contributed by atoms with Crippen LogP contribution in [0.5, 0.6) is 0 Å². The molecule has 0 amide bonds. The van der Waals surface area contributed by atoms with Crippen LogP contribution < -0.4 is 0 Å². The van der Waals surface area contributed by atoms with Crippen LogP contribution in [0.1, 0.15) is 22.3 Å². The number of Topliss-reactive ketones (excluding diaryl/α,β-unsaturated/α-hetero) is 1. The highest BCUT2D eigenvalue weighted by Gasteiger charge is 2.08. The molecule has 0 aliphatic rings. The number of carbonyl (C=O) groups is 1. The summed E-state index contributed by atoms with van der Waals surface area (Å²) in [6, 6.07) is 9.58. The summed E-state index contributed by atoms with van der Waals surface area (Å²) in [6.45, 7) is 1.41. The van der Waals surface area contributed by atoms with E-state index in [0.29, 0.717) is 18.5 Å². The summed E-state index contributed by atoms with van der Waals surface area (Å²) < 4.78 is 12.8. The van der Waals surface area contributed by atoms with E-state index in [0.717, 1.165) is 12.1 Å². The van der Waals surface area contributed by atoms with Crippen LogP contribution in [0.4, 0.5) is 4.39 Å². The Balaban J connectivity index is 1.82. The average molecular weight is 272 g/mol. The van der Waals surface area contributed by atoms with Crippen molar-refractivity contribution in [3.8, 4) is 0 Å². The maximum Gasteiger partial charge on any atom is 0.164 e. The summed E-state index contributed by atoms with van der Waals surface area (Å²) in [4.78, 5) is 18.1. The number of ketones is 1. The van der Waals surface area contributed by atoms with Crippen LogP contribution in [0.25, 0.3) is 0 Å². The lowest BCUT2D eigenvalue weighted by Crippen LogP contribution is -2.21. The highest BCUT2D eigenvalue weighted by Crippen LogP contribution is 2.07. The fourth-order valence-electron chi connectivity index (χ4n) is 1.95. The van der Waals surface area contributed by atoms with Gasteiger partial charge in [0, 0.05) is 37.5 Å². The minimum Gasteiger partial charge on any atom is -0.302 e. The number of pyridine rings is 1. The van der Waals surface area contributed by atoms with Gasteiger partial charge in [0.15, 0.2) is 5.78 Å². The lowest BCUT2D eigenvalue weighted by Gasteiger charge is -2.15. The smallest absolute Gasteiger partial charge is 0.164 e. The molecule has 0 saturated heterocycles. The minimum absolute atomic E-state index is 0.0306. The van der Waals surface area contributed by atoms with Crippen molar-refractivity contribution in [1.29, 1.82) is 0 Å². The Morgan fingerprint density at radius 1 is 1.25 bits per heavy atom. The second kappa shape index (κ2) is 6.91. The monoisotopic (exact) mass is 272 g/mol. The van der Waals surface area contributed by atoms with Gasteiger partial charge in [0.1, 0.15) is 5.82 Å². The molecule has 2 rings (SSSR count). The molecule has 0 radical (unpaired) electrons. The Hall–Kier alpha value is -2.07. The summed E-state index contributed by atoms with van der Waals surface area (Å²) in [6.07, 6.45) is 3.97. The molecular formula is C16H17FN2O. The van der Waals surface area contributed by atoms with Crippen molar-refractivity contribution in [2.75, 3.05) is 13.6 Å². The predicted molar refractivity (Wildman–Crippen MR) is 75.9 cm³/mol. The first-order valence-corrected chi connectivity index (χ1v) is 6.51. The Morgan fingerprint density at radius 2 is 2.00 bits per heavy atom. The maximum atomic E-state index is 12.8. The van der Waals surface area contributed by atoms with Gasteiger partial charge in [0.2, 0.25) is 0 Å². The molecule has 0 unspecified atom stereocenters. The third-order valence-electron chi connectivity index (χ3n) is 3.06. The zero-order valence-corrected chi connectivity index (χ0v) is 11.4. The van der Waals surface area contributed by atoms with E-state index >= 15 is 0 Å². The fourth-order valence-corrected chi connectivity index (χ4v) is 1.95. The van der Waals surface area contributed by atoms with E-state index in [1.54, 1.807) is 6.20 Å². The van der Waals surface area contributed by atoms with Crippen molar-refractivity contribution < 1.29 is 9.18 Å². The van der Waals surface area contributed by atoms with Gasteiger partial charge < -0.3 is 4.90 Å². The molecule has 0 spiro atoms. The number of halogens is 1. The number of hydrogen-bond acceptors (Lipinski definition) is 3. The molecule has 104 valence electrons. The Labute approximate surface area is 118 Å². The number of hydrogen-bond donors (Lipinski definition) is 0. The largest absolute Gasteiger partial charge is 0.302 e. The summed E-state index contributed by atoms with van der Waals surface area (Å²) in [7, 11) is 1.96. The third kappa shape index (κ3) is 4.24. The second-order valence-corrected chi connectivity index (χ2v) is 4.78. The summed E-state index contributed by atoms with van der Waals surface area (Å²) in [5.74, 6) is -0.293. The molecular weight excluding hydrogens is 255 g/mol. The van der Waals surface area contributed by atoms with Crippen molar-refractivity contribution in [3.63, 3.8) is 0 Å². The van der Waals surface area contributed by atoms with Gasteiger partial charge in [-0.15, -0.1) is 0 Å². The zero-order chi connectivity index (χ0) is 14.4. The molecule has 1 heterocycles. The van der Waals surface area contributed by atoms with Crippen LogP contribution in [0.2, 0.25) is 0 Å². The highest BCUT2D eigenvalue weighted by atomic mass is 19.1. The Morgan fingerprint density at radius 3 is 2.65 bits per heavy atom. The van der Waals surface area contributed by atoms with Crippen molar-refractivity contribution in [3.05, 3.63) is 65.7 Å². The quantitative estimate of drug-likeness (QED) is 0.758. The first-order chi connectivity index (χ1) is 9.65. The molecule has 0 aliphatic heterocycles. The molecule has 2 aromatic rings. The number of aromatic nitrogens is 1. The van der Waals surface area contributed by atoms with E-state index < -0.39 is 0 Å². The third-order valence-corrected chi connectivity index (χ3v) is 3.06. The van der Waals surface area contributed by atoms with Crippen LogP contribution >= 0.6 is 0 Å². The van der Waals surface area contributed by atoms with Gasteiger partial charge in [0.25, 0.3) is 0 Å². The first kappa shape index (κ1) is 14.3. The van der Waals surface area contributed by atoms with Crippen molar-refractivity contribution in [2.45, 2.75) is 13.0 Å². The van der Waals surface area contributed by atoms with Gasteiger partial charge in [-0.1, -0.05) is 6.07 Å². The van der Waals surface area contributed by atoms with Gasteiger partial charge in [-0.2, -0.15) is 0 Å². The molecule has 0 saturated carbocycles. The Bertz CT molecular complexity index is 554. The molecule has 0 fully saturated rings. The normalized spacial score (nSPS) is 10.8. The summed E-state index contributed by atoms with van der Waals surface area (Å²) in [5.41, 5.74) is 1.67. The minimum atomic E-state index is -0.324. The average Bonchev–Trinajstić information content (AvgIpc) is 2.46. The summed E-state index contributed by atoms with van der Waals surface area (Å²) in [5, 5.41) is 0. The van der Waals surface area contributed by atoms with Crippen LogP contribution in [0.3, 0.4) is 0 Å². The van der Waals surface area contributed by atoms with Crippen LogP contribution in [0, 0.1) is 5.82 Å². The molecule has 0 aliphatic carbocycles. The SMILES string of the molecule is CN(CCC(=O)c1ccc(F)cc1)Cc1cccnc1. The number of nitrogens with zero attached hydrogens (tertiary/aromatic N) is 2. The molecule has 0 bridgehead atoms. The van der Waals surface area contributed by atoms with Crippen molar-refractivity contribution >= 4 is 5.78 Å². The molecule has 1 aromatic heterocycles. The van der Waals surface area contributed by atoms with Crippen molar-refractivity contribution in [1.82, 2.24) is 9.88 Å². The zero-order valence-electron chi connectivity index (χ0n) is 11.4. The molecule has 4 heteroatoms. The Kier molecular flexibility index (Phi) is 4.96. The second-order valence-electron chi connectivity index (χ2n) is 4.78. The molecule has 20 heavy (non-hydrogen) atoms. The van der Waals surface area contributed by atoms with Gasteiger partial charge in [-0.25, -0.2) is 4.39 Å². The van der Waals surface area contributed by atoms with Crippen LogP contribution in [0.15, 0.2) is 48.8 Å². The number of rotatable bonds is 6. The molecule has 0 N–H and O–H groups in total. The van der Waals surface area contributed by atoms with Crippen molar-refractivity contribution in [2.24, 2.45) is 0 Å². The number of carbonyl (C=O) groups excluding carboxylic acids is 1. The van der Waals surface area contributed by atoms with E-state index in [9.17, 15) is 9.18 Å². The lowest BCUT2D eigenvalue weighted by molar-refractivity contribution is 0.0968. The highest BCUT2D eigenvalue weighted by molar-refractivity contribution is 5.96. The molecule has 0 atom stereocenters. The van der Waals surface area contributed by atoms with E-state index in [-0.39, 0.29) is 11.6 Å². The van der Waals surface area contributed by atoms with E-state index in [4.69, 9.17) is 0 Å². The predicted octanol–water partition coefficient (Wildman–Crippen LogP) is 2.93. The van der Waals surface area contributed by atoms with Gasteiger partial charge >= 0.3 is 0 Å². The molecule has 1 aromatic carbocycles. The maximum absolute atomic E-state index is 12.8. The van der Waals surface area contributed by atoms with E-state index in [1.807, 2.05) is 25.4 Å². The topological polar surface area (TPSA) is 33.2 Å². The summed E-state index contributed by atoms with van der Waals surface area (Å²) >= 11 is 0. The first-order valence-electron chi connectivity index (χ1n) is 6.51. The lowest BCUT2D eigenvalue weighted by atomic mass is 10.1. The fraction of sp³-hybridized carbons (Fsp3) is 0.250. The van der Waals surface area contributed by atoms with E-state index in [2.05, 4.69) is 9.88 Å². The van der Waals surface area contributed by atoms with Crippen LogP contribution in [-0.4, -0.2) is 29.3 Å².